The average Bonchev–Trinajstić information content (AvgIpc) is 3.42. The fraction of sp³-hybridized carbons (Fsp3) is 0.407. The molecule has 13 heteroatoms. The summed E-state index contributed by atoms with van der Waals surface area (Å²) in [7, 11) is 0. The Morgan fingerprint density at radius 2 is 0.792 bits per heavy atom. The summed E-state index contributed by atoms with van der Waals surface area (Å²) in [6.07, 6.45) is 26.5. The molecule has 8 heterocycles. The number of pyridine rings is 3. The van der Waals surface area contributed by atoms with E-state index in [1.807, 2.05) is 91.5 Å². The molecule has 0 amide bonds. The van der Waals surface area contributed by atoms with Gasteiger partial charge < -0.3 is 0 Å². The number of nitrogens with zero attached hydrogens (tertiary/aromatic N) is 13. The van der Waals surface area contributed by atoms with Crippen molar-refractivity contribution in [1.82, 2.24) is 65.3 Å². The van der Waals surface area contributed by atoms with Crippen LogP contribution in [0, 0.1) is 0 Å². The van der Waals surface area contributed by atoms with E-state index in [9.17, 15) is 0 Å². The lowest BCUT2D eigenvalue weighted by Crippen LogP contribution is -1.93. The van der Waals surface area contributed by atoms with Crippen LogP contribution >= 0.6 is 0 Å². The Hall–Kier alpha value is -7.15. The summed E-state index contributed by atoms with van der Waals surface area (Å²) in [5.74, 6) is 5.15. The molecule has 0 bridgehead atoms. The van der Waals surface area contributed by atoms with E-state index in [-0.39, 0.29) is 0 Å². The van der Waals surface area contributed by atoms with E-state index >= 15 is 0 Å². The van der Waals surface area contributed by atoms with Crippen molar-refractivity contribution in [1.29, 1.82) is 0 Å². The first-order chi connectivity index (χ1) is 34.4. The van der Waals surface area contributed by atoms with Crippen LogP contribution in [0.3, 0.4) is 0 Å². The number of rotatable bonds is 8. The molecule has 0 atom stereocenters. The van der Waals surface area contributed by atoms with Gasteiger partial charge in [0, 0.05) is 97.9 Å². The van der Waals surface area contributed by atoms with E-state index in [0.717, 1.165) is 28.6 Å². The van der Waals surface area contributed by atoms with Crippen LogP contribution in [-0.4, -0.2) is 65.3 Å². The second-order valence-electron chi connectivity index (χ2n) is 18.8. The van der Waals surface area contributed by atoms with Gasteiger partial charge in [0.15, 0.2) is 0 Å². The Morgan fingerprint density at radius 1 is 0.264 bits per heavy atom. The van der Waals surface area contributed by atoms with E-state index in [2.05, 4.69) is 182 Å². The Morgan fingerprint density at radius 3 is 1.12 bits per heavy atom. The first-order valence-electron chi connectivity index (χ1n) is 25.0. The summed E-state index contributed by atoms with van der Waals surface area (Å²) in [5.41, 5.74) is 8.27. The van der Waals surface area contributed by atoms with E-state index in [1.165, 1.54) is 16.7 Å². The second kappa shape index (κ2) is 38.6. The molecule has 72 heavy (non-hydrogen) atoms. The monoisotopic (exact) mass is 974 g/mol. The summed E-state index contributed by atoms with van der Waals surface area (Å²) in [6, 6.07) is 23.8. The molecule has 0 aromatic carbocycles. The molecule has 0 unspecified atom stereocenters. The van der Waals surface area contributed by atoms with Gasteiger partial charge in [0.1, 0.15) is 12.2 Å². The summed E-state index contributed by atoms with van der Waals surface area (Å²) < 4.78 is 0. The van der Waals surface area contributed by atoms with Crippen LogP contribution < -0.4 is 0 Å². The van der Waals surface area contributed by atoms with Crippen LogP contribution in [0.15, 0.2) is 166 Å². The molecule has 8 aromatic rings. The zero-order chi connectivity index (χ0) is 53.5. The molecule has 0 aliphatic rings. The van der Waals surface area contributed by atoms with Crippen LogP contribution in [-0.2, 0) is 0 Å². The first-order valence-corrected chi connectivity index (χ1v) is 25.0. The Bertz CT molecular complexity index is 1870. The third-order valence-electron chi connectivity index (χ3n) is 9.93. The van der Waals surface area contributed by atoms with Gasteiger partial charge in [-0.15, -0.1) is 0 Å². The topological polar surface area (TPSA) is 168 Å². The molecule has 0 saturated heterocycles. The van der Waals surface area contributed by atoms with Gasteiger partial charge in [0.05, 0.1) is 17.6 Å². The molecular weight excluding hydrogens is 891 g/mol. The molecule has 8 rings (SSSR count). The average molecular weight is 974 g/mol. The van der Waals surface area contributed by atoms with Crippen molar-refractivity contribution in [3.63, 3.8) is 0 Å². The summed E-state index contributed by atoms with van der Waals surface area (Å²) in [6.45, 7) is 34.0. The maximum absolute atomic E-state index is 4.18. The van der Waals surface area contributed by atoms with Gasteiger partial charge in [-0.2, -0.15) is 20.4 Å². The van der Waals surface area contributed by atoms with E-state index in [1.54, 1.807) is 68.3 Å². The molecule has 0 aliphatic heterocycles. The highest BCUT2D eigenvalue weighted by molar-refractivity contribution is 5.14. The van der Waals surface area contributed by atoms with Crippen molar-refractivity contribution < 1.29 is 0 Å². The lowest BCUT2D eigenvalue weighted by molar-refractivity contribution is 0.774. The van der Waals surface area contributed by atoms with E-state index in [4.69, 9.17) is 0 Å². The maximum atomic E-state index is 4.18. The van der Waals surface area contributed by atoms with Crippen molar-refractivity contribution in [3.05, 3.63) is 211 Å². The lowest BCUT2D eigenvalue weighted by Gasteiger charge is -2.01. The summed E-state index contributed by atoms with van der Waals surface area (Å²) >= 11 is 0. The van der Waals surface area contributed by atoms with Crippen LogP contribution in [0.5, 0.6) is 0 Å². The molecule has 13 nitrogen and oxygen atoms in total. The molecule has 0 saturated carbocycles. The molecule has 0 fully saturated rings. The molecule has 0 radical (unpaired) electrons. The van der Waals surface area contributed by atoms with Gasteiger partial charge in [-0.1, -0.05) is 123 Å². The Kier molecular flexibility index (Phi) is 33.7. The first kappa shape index (κ1) is 62.9. The molecular formula is C59H83N13. The minimum absolute atomic E-state index is 0.436. The van der Waals surface area contributed by atoms with Crippen LogP contribution in [0.2, 0.25) is 0 Å². The van der Waals surface area contributed by atoms with Crippen LogP contribution in [0.4, 0.5) is 0 Å². The smallest absolute Gasteiger partial charge is 0.130 e. The van der Waals surface area contributed by atoms with Gasteiger partial charge in [-0.3, -0.25) is 24.9 Å². The largest absolute Gasteiger partial charge is 0.265 e. The number of hydrogen-bond acceptors (Lipinski definition) is 13. The predicted octanol–water partition coefficient (Wildman–Crippen LogP) is 14.6. The van der Waals surface area contributed by atoms with Gasteiger partial charge in [0.25, 0.3) is 0 Å². The minimum Gasteiger partial charge on any atom is -0.265 e. The third kappa shape index (κ3) is 30.5. The summed E-state index contributed by atoms with van der Waals surface area (Å²) in [4.78, 5) is 36.2. The van der Waals surface area contributed by atoms with Crippen molar-refractivity contribution >= 4 is 0 Å². The highest BCUT2D eigenvalue weighted by Gasteiger charge is 2.01. The third-order valence-corrected chi connectivity index (χ3v) is 9.93. The highest BCUT2D eigenvalue weighted by Crippen LogP contribution is 2.13. The standard InChI is InChI=1S/3C8H11N.5C7H10N2/c1-7(2)8-3-5-9-6-4-8;1-7(2)8-4-3-5-9-6-8;1-7(2)8-5-3-4-6-9-8;1-6(2)7-5-8-3-4-9-7;1-6(2)7-3-4-8-5-9-7;1-6(2)7-3-4-8-9-5-7;1-6(2)7-8-4-3-5-9-7;1-6(2)7-4-3-5-8-9-7/h3*3-7H,1-2H3;5*3-6H,1-2H3. The zero-order valence-electron chi connectivity index (χ0n) is 46.0. The van der Waals surface area contributed by atoms with Crippen molar-refractivity contribution in [2.24, 2.45) is 0 Å². The van der Waals surface area contributed by atoms with Crippen LogP contribution in [0.25, 0.3) is 0 Å². The van der Waals surface area contributed by atoms with Crippen LogP contribution in [0.1, 0.15) is 203 Å². The zero-order valence-corrected chi connectivity index (χ0v) is 46.0. The Balaban J connectivity index is 0.000000411. The molecule has 8 aromatic heterocycles. The SMILES string of the molecule is CC(C)c1ccccn1.CC(C)c1cccnc1.CC(C)c1cccnn1.CC(C)c1ccncc1.CC(C)c1ccncn1.CC(C)c1ccnnc1.CC(C)c1cnccn1.CC(C)c1ncccn1. The van der Waals surface area contributed by atoms with E-state index < -0.39 is 0 Å². The maximum Gasteiger partial charge on any atom is 0.130 e. The highest BCUT2D eigenvalue weighted by atomic mass is 15.1. The molecule has 0 aliphatic carbocycles. The molecule has 384 valence electrons. The normalized spacial score (nSPS) is 10.1. The van der Waals surface area contributed by atoms with Gasteiger partial charge in [-0.05, 0) is 119 Å². The van der Waals surface area contributed by atoms with Gasteiger partial charge in [0.2, 0.25) is 0 Å². The van der Waals surface area contributed by atoms with Gasteiger partial charge >= 0.3 is 0 Å². The fourth-order valence-corrected chi connectivity index (χ4v) is 5.31. The van der Waals surface area contributed by atoms with Crippen molar-refractivity contribution in [2.45, 2.75) is 158 Å². The fourth-order valence-electron chi connectivity index (χ4n) is 5.31. The predicted molar refractivity (Wildman–Crippen MR) is 296 cm³/mol. The molecule has 0 spiro atoms. The second-order valence-corrected chi connectivity index (χ2v) is 18.8. The Labute approximate surface area is 432 Å². The lowest BCUT2D eigenvalue weighted by atomic mass is 10.1. The van der Waals surface area contributed by atoms with Gasteiger partial charge in [-0.25, -0.2) is 19.9 Å². The van der Waals surface area contributed by atoms with E-state index in [0.29, 0.717) is 47.3 Å². The summed E-state index contributed by atoms with van der Waals surface area (Å²) in [5, 5.41) is 15.1. The number of hydrogen-bond donors (Lipinski definition) is 0. The van der Waals surface area contributed by atoms with Crippen molar-refractivity contribution in [2.75, 3.05) is 0 Å². The minimum atomic E-state index is 0.436. The molecule has 0 N–H and O–H groups in total. The quantitative estimate of drug-likeness (QED) is 0.141. The number of aromatic nitrogens is 13. The van der Waals surface area contributed by atoms with Crippen molar-refractivity contribution in [3.8, 4) is 0 Å².